The monoisotopic (exact) mass is 287 g/mol. The maximum atomic E-state index is 12.1. The van der Waals surface area contributed by atoms with Crippen LogP contribution < -0.4 is 5.32 Å². The number of carbonyl (C=O) groups is 1. The van der Waals surface area contributed by atoms with Crippen LogP contribution in [0.2, 0.25) is 0 Å². The summed E-state index contributed by atoms with van der Waals surface area (Å²) in [5.41, 5.74) is -3.62. The molecule has 1 aromatic rings. The molecule has 1 rings (SSSR count). The first-order chi connectivity index (χ1) is 8.87. The third-order valence-corrected chi connectivity index (χ3v) is 2.68. The predicted molar refractivity (Wildman–Crippen MR) is 68.5 cm³/mol. The first-order valence-corrected chi connectivity index (χ1v) is 6.27. The number of amides is 1. The van der Waals surface area contributed by atoms with E-state index in [9.17, 15) is 18.0 Å². The Morgan fingerprint density at radius 1 is 1.32 bits per heavy atom. The van der Waals surface area contributed by atoms with Gasteiger partial charge in [0.25, 0.3) is 0 Å². The van der Waals surface area contributed by atoms with Crippen LogP contribution in [-0.2, 0) is 4.79 Å². The Morgan fingerprint density at radius 3 is 2.47 bits per heavy atom. The van der Waals surface area contributed by atoms with E-state index < -0.39 is 5.51 Å². The van der Waals surface area contributed by atoms with Gasteiger partial charge in [-0.1, -0.05) is 11.8 Å². The molecular formula is C13H12F3NOS. The Balaban J connectivity index is 2.48. The maximum Gasteiger partial charge on any atom is 0.446 e. The summed E-state index contributed by atoms with van der Waals surface area (Å²) in [4.78, 5) is 10.7. The highest BCUT2D eigenvalue weighted by molar-refractivity contribution is 8.00. The van der Waals surface area contributed by atoms with Crippen LogP contribution in [0.5, 0.6) is 0 Å². The van der Waals surface area contributed by atoms with Gasteiger partial charge in [-0.3, -0.25) is 4.79 Å². The molecule has 0 atom stereocenters. The molecule has 0 radical (unpaired) electrons. The van der Waals surface area contributed by atoms with Crippen molar-refractivity contribution in [2.45, 2.75) is 23.7 Å². The quantitative estimate of drug-likeness (QED) is 0.525. The van der Waals surface area contributed by atoms with E-state index >= 15 is 0 Å². The largest absolute Gasteiger partial charge is 0.446 e. The van der Waals surface area contributed by atoms with Crippen molar-refractivity contribution in [3.8, 4) is 11.8 Å². The number of hydrogen-bond acceptors (Lipinski definition) is 2. The van der Waals surface area contributed by atoms with Gasteiger partial charge in [0.15, 0.2) is 0 Å². The molecule has 0 aromatic heterocycles. The number of nitrogens with one attached hydrogen (secondary N) is 1. The molecule has 1 N–H and O–H groups in total. The Kier molecular flexibility index (Phi) is 5.77. The lowest BCUT2D eigenvalue weighted by Crippen LogP contribution is -2.20. The predicted octanol–water partition coefficient (Wildman–Crippen LogP) is 3.18. The molecule has 19 heavy (non-hydrogen) atoms. The van der Waals surface area contributed by atoms with Gasteiger partial charge >= 0.3 is 5.51 Å². The van der Waals surface area contributed by atoms with Crippen LogP contribution in [0.25, 0.3) is 0 Å². The van der Waals surface area contributed by atoms with Crippen molar-refractivity contribution in [2.75, 3.05) is 6.54 Å². The van der Waals surface area contributed by atoms with Crippen LogP contribution in [0.1, 0.15) is 18.9 Å². The van der Waals surface area contributed by atoms with Gasteiger partial charge < -0.3 is 5.32 Å². The zero-order valence-electron chi connectivity index (χ0n) is 10.2. The van der Waals surface area contributed by atoms with Crippen molar-refractivity contribution >= 4 is 17.7 Å². The lowest BCUT2D eigenvalue weighted by molar-refractivity contribution is -0.118. The van der Waals surface area contributed by atoms with E-state index in [-0.39, 0.29) is 22.6 Å². The van der Waals surface area contributed by atoms with Crippen molar-refractivity contribution in [3.05, 3.63) is 29.8 Å². The maximum absolute atomic E-state index is 12.1. The standard InChI is InChI=1S/C13H12F3NOS/c1-10(18)17-9-3-2-4-11-5-7-12(8-6-11)19-13(14,15)16/h5-8H,3,9H2,1H3,(H,17,18). The molecule has 0 aliphatic heterocycles. The molecule has 0 unspecified atom stereocenters. The molecule has 102 valence electrons. The van der Waals surface area contributed by atoms with Gasteiger partial charge in [-0.2, -0.15) is 13.2 Å². The van der Waals surface area contributed by atoms with Crippen molar-refractivity contribution in [2.24, 2.45) is 0 Å². The number of rotatable bonds is 3. The zero-order chi connectivity index (χ0) is 14.3. The first-order valence-electron chi connectivity index (χ1n) is 5.46. The van der Waals surface area contributed by atoms with E-state index in [1.807, 2.05) is 0 Å². The second-order valence-corrected chi connectivity index (χ2v) is 4.75. The number of alkyl halides is 3. The molecule has 2 nitrogen and oxygen atoms in total. The number of benzene rings is 1. The molecule has 6 heteroatoms. The van der Waals surface area contributed by atoms with Crippen molar-refractivity contribution in [1.82, 2.24) is 5.32 Å². The number of hydrogen-bond donors (Lipinski definition) is 1. The summed E-state index contributed by atoms with van der Waals surface area (Å²) < 4.78 is 36.3. The van der Waals surface area contributed by atoms with Crippen molar-refractivity contribution in [1.29, 1.82) is 0 Å². The second-order valence-electron chi connectivity index (χ2n) is 3.61. The second kappa shape index (κ2) is 7.10. The first kappa shape index (κ1) is 15.4. The molecule has 0 spiro atoms. The number of halogens is 3. The average molecular weight is 287 g/mol. The molecule has 0 aliphatic carbocycles. The Bertz CT molecular complexity index is 485. The summed E-state index contributed by atoms with van der Waals surface area (Å²) >= 11 is -0.151. The van der Waals surface area contributed by atoms with E-state index in [4.69, 9.17) is 0 Å². The average Bonchev–Trinajstić information content (AvgIpc) is 2.28. The van der Waals surface area contributed by atoms with Crippen molar-refractivity contribution in [3.63, 3.8) is 0 Å². The molecule has 1 aromatic carbocycles. The van der Waals surface area contributed by atoms with E-state index in [1.165, 1.54) is 19.1 Å². The lowest BCUT2D eigenvalue weighted by Gasteiger charge is -2.04. The fourth-order valence-electron chi connectivity index (χ4n) is 1.21. The van der Waals surface area contributed by atoms with Gasteiger partial charge in [-0.15, -0.1) is 0 Å². The smallest absolute Gasteiger partial charge is 0.355 e. The molecule has 1 amide bonds. The lowest BCUT2D eigenvalue weighted by atomic mass is 10.2. The van der Waals surface area contributed by atoms with Gasteiger partial charge in [-0.25, -0.2) is 0 Å². The van der Waals surface area contributed by atoms with E-state index in [2.05, 4.69) is 17.2 Å². The summed E-state index contributed by atoms with van der Waals surface area (Å²) in [5.74, 6) is 5.53. The van der Waals surface area contributed by atoms with Crippen LogP contribution in [-0.4, -0.2) is 18.0 Å². The highest BCUT2D eigenvalue weighted by Gasteiger charge is 2.28. The number of carbonyl (C=O) groups excluding carboxylic acids is 1. The summed E-state index contributed by atoms with van der Waals surface area (Å²) in [5, 5.41) is 2.60. The molecule has 0 aliphatic rings. The van der Waals surface area contributed by atoms with E-state index in [1.54, 1.807) is 12.1 Å². The molecule has 0 bridgehead atoms. The normalized spacial score (nSPS) is 10.5. The van der Waals surface area contributed by atoms with Crippen LogP contribution in [0.15, 0.2) is 29.2 Å². The van der Waals surface area contributed by atoms with Crippen LogP contribution in [0.3, 0.4) is 0 Å². The Morgan fingerprint density at radius 2 is 1.95 bits per heavy atom. The summed E-state index contributed by atoms with van der Waals surface area (Å²) in [6.45, 7) is 1.88. The summed E-state index contributed by atoms with van der Waals surface area (Å²) in [7, 11) is 0. The van der Waals surface area contributed by atoms with Gasteiger partial charge in [0.05, 0.1) is 0 Å². The van der Waals surface area contributed by atoms with Crippen LogP contribution >= 0.6 is 11.8 Å². The highest BCUT2D eigenvalue weighted by Crippen LogP contribution is 2.36. The minimum absolute atomic E-state index is 0.115. The summed E-state index contributed by atoms with van der Waals surface area (Å²) in [6.07, 6.45) is 0.499. The third kappa shape index (κ3) is 7.42. The molecule has 0 saturated heterocycles. The number of thioether (sulfide) groups is 1. The molecule has 0 fully saturated rings. The minimum atomic E-state index is -4.27. The van der Waals surface area contributed by atoms with Gasteiger partial charge in [0, 0.05) is 30.3 Å². The fourth-order valence-corrected chi connectivity index (χ4v) is 1.74. The topological polar surface area (TPSA) is 29.1 Å². The Labute approximate surface area is 113 Å². The fraction of sp³-hybridized carbons (Fsp3) is 0.308. The van der Waals surface area contributed by atoms with Crippen LogP contribution in [0, 0.1) is 11.8 Å². The van der Waals surface area contributed by atoms with Gasteiger partial charge in [0.1, 0.15) is 0 Å². The minimum Gasteiger partial charge on any atom is -0.355 e. The molecule has 0 heterocycles. The molecular weight excluding hydrogens is 275 g/mol. The third-order valence-electron chi connectivity index (χ3n) is 1.94. The van der Waals surface area contributed by atoms with E-state index in [0.717, 1.165) is 0 Å². The van der Waals surface area contributed by atoms with Crippen LogP contribution in [0.4, 0.5) is 13.2 Å². The zero-order valence-corrected chi connectivity index (χ0v) is 11.0. The van der Waals surface area contributed by atoms with Crippen molar-refractivity contribution < 1.29 is 18.0 Å². The van der Waals surface area contributed by atoms with Gasteiger partial charge in [0.2, 0.25) is 5.91 Å². The van der Waals surface area contributed by atoms with Gasteiger partial charge in [-0.05, 0) is 36.0 Å². The highest BCUT2D eigenvalue weighted by atomic mass is 32.2. The summed E-state index contributed by atoms with van der Waals surface area (Å²) in [6, 6.07) is 5.85. The Hall–Kier alpha value is -1.61. The van der Waals surface area contributed by atoms with E-state index in [0.29, 0.717) is 18.5 Å². The SMILES string of the molecule is CC(=O)NCCC#Cc1ccc(SC(F)(F)F)cc1. The molecule has 0 saturated carbocycles.